The highest BCUT2D eigenvalue weighted by molar-refractivity contribution is 5.79. The van der Waals surface area contributed by atoms with Crippen LogP contribution in [0.15, 0.2) is 0 Å². The molecule has 0 spiro atoms. The number of amides is 2. The van der Waals surface area contributed by atoms with Crippen molar-refractivity contribution in [2.45, 2.75) is 44.9 Å². The summed E-state index contributed by atoms with van der Waals surface area (Å²) in [7, 11) is 0. The van der Waals surface area contributed by atoms with Gasteiger partial charge in [-0.1, -0.05) is 25.7 Å². The number of carbonyl (C=O) groups is 2. The van der Waals surface area contributed by atoms with E-state index in [0.29, 0.717) is 32.6 Å². The molecule has 0 bridgehead atoms. The molecule has 2 rings (SSSR count). The molecule has 1 N–H and O–H groups in total. The molecular weight excluding hydrogens is 256 g/mol. The van der Waals surface area contributed by atoms with Gasteiger partial charge in [0.2, 0.25) is 11.8 Å². The molecule has 0 atom stereocenters. The molecule has 1 aliphatic heterocycles. The predicted octanol–water partition coefficient (Wildman–Crippen LogP) is 1.01. The molecule has 1 saturated carbocycles. The van der Waals surface area contributed by atoms with Crippen LogP contribution in [0.5, 0.6) is 0 Å². The average molecular weight is 282 g/mol. The third-order valence-electron chi connectivity index (χ3n) is 4.60. The minimum Gasteiger partial charge on any atom is -0.387 e. The van der Waals surface area contributed by atoms with E-state index in [1.165, 1.54) is 32.1 Å². The summed E-state index contributed by atoms with van der Waals surface area (Å²) in [5.74, 6) is 0.833. The van der Waals surface area contributed by atoms with Crippen molar-refractivity contribution in [1.29, 1.82) is 0 Å². The van der Waals surface area contributed by atoms with Crippen molar-refractivity contribution in [3.8, 4) is 0 Å². The van der Waals surface area contributed by atoms with Crippen LogP contribution in [0.4, 0.5) is 0 Å². The first-order valence-corrected chi connectivity index (χ1v) is 7.87. The molecule has 0 aromatic carbocycles. The van der Waals surface area contributed by atoms with Crippen LogP contribution in [0, 0.1) is 5.92 Å². The van der Waals surface area contributed by atoms with Gasteiger partial charge in [-0.2, -0.15) is 0 Å². The van der Waals surface area contributed by atoms with E-state index in [2.05, 4.69) is 0 Å². The van der Waals surface area contributed by atoms with Crippen molar-refractivity contribution in [3.05, 3.63) is 0 Å². The lowest BCUT2D eigenvalue weighted by Crippen LogP contribution is -2.51. The van der Waals surface area contributed by atoms with E-state index in [4.69, 9.17) is 5.11 Å². The minimum absolute atomic E-state index is 0.221. The van der Waals surface area contributed by atoms with Crippen molar-refractivity contribution in [2.24, 2.45) is 5.92 Å². The Kier molecular flexibility index (Phi) is 5.83. The Balaban J connectivity index is 1.62. The highest BCUT2D eigenvalue weighted by Gasteiger charge is 2.23. The molecule has 20 heavy (non-hydrogen) atoms. The number of hydrogen-bond donors (Lipinski definition) is 1. The largest absolute Gasteiger partial charge is 0.387 e. The van der Waals surface area contributed by atoms with Crippen molar-refractivity contribution in [1.82, 2.24) is 9.80 Å². The molecule has 0 radical (unpaired) electrons. The number of aliphatic hydroxyl groups excluding tert-OH is 1. The monoisotopic (exact) mass is 282 g/mol. The van der Waals surface area contributed by atoms with Gasteiger partial charge in [0.1, 0.15) is 6.61 Å². The molecule has 5 heteroatoms. The Labute approximate surface area is 120 Å². The zero-order valence-corrected chi connectivity index (χ0v) is 12.2. The highest BCUT2D eigenvalue weighted by atomic mass is 16.3. The summed E-state index contributed by atoms with van der Waals surface area (Å²) >= 11 is 0. The Morgan fingerprint density at radius 1 is 0.950 bits per heavy atom. The fourth-order valence-corrected chi connectivity index (χ4v) is 3.30. The molecule has 0 aromatic rings. The van der Waals surface area contributed by atoms with Crippen LogP contribution in [0.3, 0.4) is 0 Å². The quantitative estimate of drug-likeness (QED) is 0.818. The molecular formula is C15H26N2O3. The first-order valence-electron chi connectivity index (χ1n) is 7.87. The summed E-state index contributed by atoms with van der Waals surface area (Å²) in [4.78, 5) is 26.9. The maximum atomic E-state index is 12.1. The number of hydrogen-bond acceptors (Lipinski definition) is 3. The van der Waals surface area contributed by atoms with Gasteiger partial charge in [0.15, 0.2) is 0 Å². The number of nitrogens with zero attached hydrogens (tertiary/aromatic N) is 2. The topological polar surface area (TPSA) is 60.9 Å². The molecule has 0 aromatic heterocycles. The summed E-state index contributed by atoms with van der Waals surface area (Å²) < 4.78 is 0. The zero-order valence-electron chi connectivity index (χ0n) is 12.2. The van der Waals surface area contributed by atoms with Crippen molar-refractivity contribution in [3.63, 3.8) is 0 Å². The normalized spacial score (nSPS) is 20.4. The predicted molar refractivity (Wildman–Crippen MR) is 76.1 cm³/mol. The lowest BCUT2D eigenvalue weighted by molar-refractivity contribution is -0.141. The highest BCUT2D eigenvalue weighted by Crippen LogP contribution is 2.29. The van der Waals surface area contributed by atoms with Gasteiger partial charge >= 0.3 is 0 Å². The van der Waals surface area contributed by atoms with Crippen molar-refractivity contribution in [2.75, 3.05) is 32.8 Å². The van der Waals surface area contributed by atoms with Gasteiger partial charge < -0.3 is 14.9 Å². The summed E-state index contributed by atoms with van der Waals surface area (Å²) in [6, 6.07) is 0. The smallest absolute Gasteiger partial charge is 0.248 e. The second-order valence-corrected chi connectivity index (χ2v) is 5.96. The zero-order chi connectivity index (χ0) is 14.4. The van der Waals surface area contributed by atoms with E-state index in [9.17, 15) is 9.59 Å². The van der Waals surface area contributed by atoms with Gasteiger partial charge in [-0.15, -0.1) is 0 Å². The average Bonchev–Trinajstić information content (AvgIpc) is 2.99. The fourth-order valence-electron chi connectivity index (χ4n) is 3.30. The van der Waals surface area contributed by atoms with Crippen LogP contribution in [-0.2, 0) is 9.59 Å². The van der Waals surface area contributed by atoms with Gasteiger partial charge in [-0.3, -0.25) is 9.59 Å². The second-order valence-electron chi connectivity index (χ2n) is 5.96. The van der Waals surface area contributed by atoms with Crippen LogP contribution >= 0.6 is 0 Å². The molecule has 1 aliphatic carbocycles. The molecule has 2 aliphatic rings. The lowest BCUT2D eigenvalue weighted by atomic mass is 10.0. The SMILES string of the molecule is O=C(CO)N1CCN(C(=O)CCCC2CCCC2)CC1. The van der Waals surface area contributed by atoms with Crippen LogP contribution in [0.1, 0.15) is 44.9 Å². The number of rotatable bonds is 5. The summed E-state index contributed by atoms with van der Waals surface area (Å²) in [6.07, 6.45) is 8.24. The molecule has 5 nitrogen and oxygen atoms in total. The number of piperazine rings is 1. The van der Waals surface area contributed by atoms with E-state index < -0.39 is 6.61 Å². The molecule has 1 heterocycles. The lowest BCUT2D eigenvalue weighted by Gasteiger charge is -2.34. The molecule has 1 saturated heterocycles. The van der Waals surface area contributed by atoms with E-state index in [-0.39, 0.29) is 11.8 Å². The number of carbonyl (C=O) groups excluding carboxylic acids is 2. The first kappa shape index (κ1) is 15.3. The Bertz CT molecular complexity index is 332. The van der Waals surface area contributed by atoms with E-state index in [1.807, 2.05) is 4.90 Å². The van der Waals surface area contributed by atoms with Crippen molar-refractivity contribution < 1.29 is 14.7 Å². The summed E-state index contributed by atoms with van der Waals surface area (Å²) in [5, 5.41) is 8.81. The van der Waals surface area contributed by atoms with Gasteiger partial charge in [0.25, 0.3) is 0 Å². The van der Waals surface area contributed by atoms with E-state index in [0.717, 1.165) is 12.3 Å². The Hall–Kier alpha value is -1.10. The standard InChI is InChI=1S/C15H26N2O3/c18-12-15(20)17-10-8-16(9-11-17)14(19)7-3-6-13-4-1-2-5-13/h13,18H,1-12H2. The van der Waals surface area contributed by atoms with E-state index >= 15 is 0 Å². The van der Waals surface area contributed by atoms with Crippen LogP contribution in [-0.4, -0.2) is 59.5 Å². The summed E-state index contributed by atoms with van der Waals surface area (Å²) in [6.45, 7) is 1.87. The van der Waals surface area contributed by atoms with E-state index in [1.54, 1.807) is 4.90 Å². The second kappa shape index (κ2) is 7.62. The fraction of sp³-hybridized carbons (Fsp3) is 0.867. The Morgan fingerprint density at radius 3 is 2.05 bits per heavy atom. The van der Waals surface area contributed by atoms with Crippen LogP contribution in [0.2, 0.25) is 0 Å². The maximum Gasteiger partial charge on any atom is 0.248 e. The minimum atomic E-state index is -0.435. The third-order valence-corrected chi connectivity index (χ3v) is 4.60. The third kappa shape index (κ3) is 4.20. The first-order chi connectivity index (χ1) is 9.70. The number of aliphatic hydroxyl groups is 1. The molecule has 114 valence electrons. The molecule has 2 fully saturated rings. The van der Waals surface area contributed by atoms with Gasteiger partial charge in [-0.05, 0) is 18.8 Å². The van der Waals surface area contributed by atoms with Crippen LogP contribution < -0.4 is 0 Å². The molecule has 0 unspecified atom stereocenters. The molecule has 2 amide bonds. The van der Waals surface area contributed by atoms with Gasteiger partial charge in [0.05, 0.1) is 0 Å². The van der Waals surface area contributed by atoms with Crippen molar-refractivity contribution >= 4 is 11.8 Å². The van der Waals surface area contributed by atoms with Crippen LogP contribution in [0.25, 0.3) is 0 Å². The van der Waals surface area contributed by atoms with Gasteiger partial charge in [-0.25, -0.2) is 0 Å². The summed E-state index contributed by atoms with van der Waals surface area (Å²) in [5.41, 5.74) is 0. The van der Waals surface area contributed by atoms with Gasteiger partial charge in [0, 0.05) is 32.6 Å². The Morgan fingerprint density at radius 2 is 1.50 bits per heavy atom. The maximum absolute atomic E-state index is 12.1.